The van der Waals surface area contributed by atoms with Gasteiger partial charge in [0.1, 0.15) is 23.0 Å². The van der Waals surface area contributed by atoms with Gasteiger partial charge in [-0.1, -0.05) is 13.3 Å². The minimum absolute atomic E-state index is 0.0284. The number of aromatic hydroxyl groups is 1. The summed E-state index contributed by atoms with van der Waals surface area (Å²) in [6.07, 6.45) is 4.28. The van der Waals surface area contributed by atoms with Gasteiger partial charge >= 0.3 is 0 Å². The SMILES string of the molecule is CCCCc1c(-c2ccc(O)cc2)oc2c1C(=O)CC(O)=C2. The van der Waals surface area contributed by atoms with Crippen LogP contribution in [0.1, 0.15) is 47.9 Å². The van der Waals surface area contributed by atoms with E-state index < -0.39 is 0 Å². The highest BCUT2D eigenvalue weighted by molar-refractivity contribution is 6.05. The minimum atomic E-state index is -0.102. The van der Waals surface area contributed by atoms with Crippen molar-refractivity contribution >= 4 is 11.9 Å². The molecule has 114 valence electrons. The highest BCUT2D eigenvalue weighted by Crippen LogP contribution is 2.37. The quantitative estimate of drug-likeness (QED) is 0.873. The third kappa shape index (κ3) is 2.52. The van der Waals surface area contributed by atoms with Crippen LogP contribution in [0.4, 0.5) is 0 Å². The van der Waals surface area contributed by atoms with E-state index in [1.165, 1.54) is 6.08 Å². The number of unbranched alkanes of at least 4 members (excludes halogenated alkanes) is 1. The van der Waals surface area contributed by atoms with E-state index in [1.54, 1.807) is 24.3 Å². The van der Waals surface area contributed by atoms with E-state index in [-0.39, 0.29) is 23.7 Å². The van der Waals surface area contributed by atoms with Crippen molar-refractivity contribution in [3.05, 3.63) is 46.9 Å². The van der Waals surface area contributed by atoms with E-state index in [2.05, 4.69) is 6.92 Å². The molecule has 0 fully saturated rings. The Hall–Kier alpha value is -2.49. The van der Waals surface area contributed by atoms with Crippen molar-refractivity contribution in [3.8, 4) is 17.1 Å². The first-order chi connectivity index (χ1) is 10.6. The van der Waals surface area contributed by atoms with E-state index >= 15 is 0 Å². The van der Waals surface area contributed by atoms with Gasteiger partial charge in [0.15, 0.2) is 5.78 Å². The summed E-state index contributed by atoms with van der Waals surface area (Å²) < 4.78 is 5.86. The lowest BCUT2D eigenvalue weighted by Crippen LogP contribution is -2.08. The van der Waals surface area contributed by atoms with Crippen molar-refractivity contribution in [3.63, 3.8) is 0 Å². The lowest BCUT2D eigenvalue weighted by molar-refractivity contribution is 0.0976. The van der Waals surface area contributed by atoms with Gasteiger partial charge in [-0.25, -0.2) is 0 Å². The van der Waals surface area contributed by atoms with Gasteiger partial charge in [0, 0.05) is 17.2 Å². The fourth-order valence-corrected chi connectivity index (χ4v) is 2.79. The van der Waals surface area contributed by atoms with Crippen LogP contribution in [0.2, 0.25) is 0 Å². The molecule has 1 aromatic carbocycles. The molecule has 0 unspecified atom stereocenters. The second-order valence-corrected chi connectivity index (χ2v) is 5.54. The van der Waals surface area contributed by atoms with E-state index in [0.717, 1.165) is 30.4 Å². The average Bonchev–Trinajstić information content (AvgIpc) is 2.84. The summed E-state index contributed by atoms with van der Waals surface area (Å²) in [6.45, 7) is 2.10. The molecule has 0 radical (unpaired) electrons. The van der Waals surface area contributed by atoms with Crippen LogP contribution in [0.3, 0.4) is 0 Å². The fourth-order valence-electron chi connectivity index (χ4n) is 2.79. The number of Topliss-reactive ketones (excluding diaryl/α,β-unsaturated/α-hetero) is 1. The molecule has 2 aromatic rings. The molecule has 0 saturated carbocycles. The number of carbonyl (C=O) groups is 1. The Bertz CT molecular complexity index is 735. The molecular formula is C18H18O4. The molecule has 1 aromatic heterocycles. The highest BCUT2D eigenvalue weighted by atomic mass is 16.3. The average molecular weight is 298 g/mol. The molecule has 3 rings (SSSR count). The summed E-state index contributed by atoms with van der Waals surface area (Å²) in [5.74, 6) is 1.20. The molecule has 1 heterocycles. The summed E-state index contributed by atoms with van der Waals surface area (Å²) in [5, 5.41) is 19.1. The maximum atomic E-state index is 12.3. The van der Waals surface area contributed by atoms with Gasteiger partial charge in [0.2, 0.25) is 0 Å². The van der Waals surface area contributed by atoms with Crippen LogP contribution < -0.4 is 0 Å². The molecule has 22 heavy (non-hydrogen) atoms. The van der Waals surface area contributed by atoms with Crippen LogP contribution in [-0.2, 0) is 6.42 Å². The topological polar surface area (TPSA) is 70.7 Å². The molecule has 0 amide bonds. The van der Waals surface area contributed by atoms with Crippen LogP contribution in [0.25, 0.3) is 17.4 Å². The number of aliphatic hydroxyl groups is 1. The van der Waals surface area contributed by atoms with Gasteiger partial charge in [-0.3, -0.25) is 4.79 Å². The summed E-state index contributed by atoms with van der Waals surface area (Å²) in [4.78, 5) is 12.3. The monoisotopic (exact) mass is 298 g/mol. The number of benzene rings is 1. The molecule has 0 atom stereocenters. The van der Waals surface area contributed by atoms with Crippen molar-refractivity contribution in [2.45, 2.75) is 32.6 Å². The molecule has 1 aliphatic carbocycles. The second-order valence-electron chi connectivity index (χ2n) is 5.54. The Balaban J connectivity index is 2.15. The van der Waals surface area contributed by atoms with Gasteiger partial charge < -0.3 is 14.6 Å². The zero-order valence-electron chi connectivity index (χ0n) is 12.4. The van der Waals surface area contributed by atoms with Crippen LogP contribution in [0.5, 0.6) is 5.75 Å². The van der Waals surface area contributed by atoms with Crippen molar-refractivity contribution in [1.29, 1.82) is 0 Å². The highest BCUT2D eigenvalue weighted by Gasteiger charge is 2.28. The predicted molar refractivity (Wildman–Crippen MR) is 84.0 cm³/mol. The minimum Gasteiger partial charge on any atom is -0.512 e. The van der Waals surface area contributed by atoms with E-state index in [1.807, 2.05) is 0 Å². The maximum absolute atomic E-state index is 12.3. The fraction of sp³-hybridized carbons (Fsp3) is 0.278. The normalized spacial score (nSPS) is 13.9. The largest absolute Gasteiger partial charge is 0.512 e. The predicted octanol–water partition coefficient (Wildman–Crippen LogP) is 4.48. The van der Waals surface area contributed by atoms with Crippen molar-refractivity contribution in [2.75, 3.05) is 0 Å². The van der Waals surface area contributed by atoms with Gasteiger partial charge in [-0.2, -0.15) is 0 Å². The summed E-state index contributed by atoms with van der Waals surface area (Å²) in [5.41, 5.74) is 2.31. The Morgan fingerprint density at radius 1 is 1.18 bits per heavy atom. The Kier molecular flexibility index (Phi) is 3.75. The molecule has 0 bridgehead atoms. The standard InChI is InChI=1S/C18H18O4/c1-2-3-4-14-17-15(21)9-13(20)10-16(17)22-18(14)11-5-7-12(19)8-6-11/h5-8,10,19-20H,2-4,9H2,1H3. The Morgan fingerprint density at radius 2 is 1.91 bits per heavy atom. The molecule has 0 saturated heterocycles. The summed E-state index contributed by atoms with van der Waals surface area (Å²) in [6, 6.07) is 6.72. The molecule has 0 spiro atoms. The van der Waals surface area contributed by atoms with Gasteiger partial charge in [-0.05, 0) is 37.1 Å². The lowest BCUT2D eigenvalue weighted by Gasteiger charge is -2.08. The number of hydrogen-bond acceptors (Lipinski definition) is 4. The summed E-state index contributed by atoms with van der Waals surface area (Å²) >= 11 is 0. The zero-order valence-corrected chi connectivity index (χ0v) is 12.4. The summed E-state index contributed by atoms with van der Waals surface area (Å²) in [7, 11) is 0. The third-order valence-corrected chi connectivity index (χ3v) is 3.86. The third-order valence-electron chi connectivity index (χ3n) is 3.86. The number of hydrogen-bond donors (Lipinski definition) is 2. The Morgan fingerprint density at radius 3 is 2.59 bits per heavy atom. The first-order valence-electron chi connectivity index (χ1n) is 7.48. The number of carbonyl (C=O) groups excluding carboxylic acids is 1. The van der Waals surface area contributed by atoms with E-state index in [9.17, 15) is 15.0 Å². The molecular weight excluding hydrogens is 280 g/mol. The van der Waals surface area contributed by atoms with Crippen LogP contribution in [0, 0.1) is 0 Å². The number of ketones is 1. The van der Waals surface area contributed by atoms with E-state index in [4.69, 9.17) is 4.42 Å². The first kappa shape index (κ1) is 14.4. The molecule has 2 N–H and O–H groups in total. The van der Waals surface area contributed by atoms with Crippen molar-refractivity contribution in [2.24, 2.45) is 0 Å². The molecule has 4 heteroatoms. The van der Waals surface area contributed by atoms with Crippen LogP contribution >= 0.6 is 0 Å². The number of furan rings is 1. The van der Waals surface area contributed by atoms with Crippen molar-refractivity contribution < 1.29 is 19.4 Å². The number of phenolic OH excluding ortho intramolecular Hbond substituents is 1. The van der Waals surface area contributed by atoms with E-state index in [0.29, 0.717) is 17.1 Å². The van der Waals surface area contributed by atoms with Crippen LogP contribution in [-0.4, -0.2) is 16.0 Å². The lowest BCUT2D eigenvalue weighted by atomic mass is 9.93. The number of aliphatic hydroxyl groups excluding tert-OH is 1. The van der Waals surface area contributed by atoms with Crippen LogP contribution in [0.15, 0.2) is 34.4 Å². The molecule has 4 nitrogen and oxygen atoms in total. The Labute approximate surface area is 128 Å². The molecule has 1 aliphatic rings. The number of allylic oxidation sites excluding steroid dienone is 1. The number of rotatable bonds is 4. The molecule has 0 aliphatic heterocycles. The first-order valence-corrected chi connectivity index (χ1v) is 7.48. The number of phenols is 1. The van der Waals surface area contributed by atoms with Gasteiger partial charge in [-0.15, -0.1) is 0 Å². The second kappa shape index (κ2) is 5.72. The van der Waals surface area contributed by atoms with Crippen molar-refractivity contribution in [1.82, 2.24) is 0 Å². The smallest absolute Gasteiger partial charge is 0.174 e. The zero-order chi connectivity index (χ0) is 15.7. The number of fused-ring (bicyclic) bond motifs is 1. The van der Waals surface area contributed by atoms with Gasteiger partial charge in [0.25, 0.3) is 0 Å². The maximum Gasteiger partial charge on any atom is 0.174 e. The van der Waals surface area contributed by atoms with Gasteiger partial charge in [0.05, 0.1) is 12.0 Å².